The smallest absolute Gasteiger partial charge is 0.344 e. The van der Waals surface area contributed by atoms with Crippen LogP contribution in [0.4, 0.5) is 0 Å². The van der Waals surface area contributed by atoms with Crippen LogP contribution in [0, 0.1) is 0 Å². The molecule has 130 valence electrons. The van der Waals surface area contributed by atoms with Gasteiger partial charge in [-0.05, 0) is 31.2 Å². The number of hydrogen-bond acceptors (Lipinski definition) is 6. The molecule has 1 amide bonds. The highest BCUT2D eigenvalue weighted by Crippen LogP contribution is 2.31. The lowest BCUT2D eigenvalue weighted by atomic mass is 10.2. The molecule has 2 aromatic rings. The number of hydrazone groups is 1. The molecule has 25 heavy (non-hydrogen) atoms. The van der Waals surface area contributed by atoms with Crippen LogP contribution in [0.15, 0.2) is 47.7 Å². The molecule has 1 atom stereocenters. The summed E-state index contributed by atoms with van der Waals surface area (Å²) in [5.41, 5.74) is 3.02. The molecule has 1 aromatic carbocycles. The van der Waals surface area contributed by atoms with Crippen LogP contribution < -0.4 is 14.9 Å². The number of rotatable bonds is 7. The Balaban J connectivity index is 2.18. The van der Waals surface area contributed by atoms with E-state index in [0.29, 0.717) is 11.3 Å². The van der Waals surface area contributed by atoms with Crippen LogP contribution in [0.3, 0.4) is 0 Å². The van der Waals surface area contributed by atoms with Gasteiger partial charge in [0.2, 0.25) is 0 Å². The lowest BCUT2D eigenvalue weighted by Gasteiger charge is -2.15. The van der Waals surface area contributed by atoms with Crippen molar-refractivity contribution in [3.05, 3.63) is 53.9 Å². The molecule has 0 unspecified atom stereocenters. The van der Waals surface area contributed by atoms with Gasteiger partial charge in [0, 0.05) is 11.8 Å². The van der Waals surface area contributed by atoms with Crippen LogP contribution in [-0.4, -0.2) is 41.4 Å². The summed E-state index contributed by atoms with van der Waals surface area (Å²) < 4.78 is 10.6. The first-order valence-electron chi connectivity index (χ1n) is 7.34. The van der Waals surface area contributed by atoms with Gasteiger partial charge < -0.3 is 14.6 Å². The van der Waals surface area contributed by atoms with Crippen molar-refractivity contribution in [1.29, 1.82) is 0 Å². The van der Waals surface area contributed by atoms with Crippen molar-refractivity contribution in [1.82, 2.24) is 10.4 Å². The van der Waals surface area contributed by atoms with Gasteiger partial charge in [0.05, 0.1) is 13.3 Å². The Hall–Kier alpha value is -3.42. The van der Waals surface area contributed by atoms with E-state index in [0.717, 1.165) is 0 Å². The molecule has 8 heteroatoms. The number of carbonyl (C=O) groups excluding carboxylic acids is 1. The number of benzene rings is 1. The number of amides is 1. The van der Waals surface area contributed by atoms with Gasteiger partial charge in [-0.1, -0.05) is 12.1 Å². The Morgan fingerprint density at radius 2 is 2.08 bits per heavy atom. The standard InChI is InChI=1S/C17H17N3O5/c1-11(17(22)23)25-15-12(6-5-8-14(15)24-2)10-19-20-16(21)13-7-3-4-9-18-13/h3-11H,1-2H3,(H,20,21)(H,22,23)/b19-10-/t11-/m1/s1. The fourth-order valence-corrected chi connectivity index (χ4v) is 1.86. The van der Waals surface area contributed by atoms with Crippen LogP contribution in [0.5, 0.6) is 11.5 Å². The van der Waals surface area contributed by atoms with E-state index in [1.54, 1.807) is 36.4 Å². The van der Waals surface area contributed by atoms with Gasteiger partial charge in [-0.3, -0.25) is 9.78 Å². The number of carbonyl (C=O) groups is 2. The van der Waals surface area contributed by atoms with E-state index in [4.69, 9.17) is 14.6 Å². The van der Waals surface area contributed by atoms with Crippen molar-refractivity contribution in [3.8, 4) is 11.5 Å². The Morgan fingerprint density at radius 3 is 2.72 bits per heavy atom. The average molecular weight is 343 g/mol. The number of aromatic nitrogens is 1. The van der Waals surface area contributed by atoms with Crippen molar-refractivity contribution in [2.45, 2.75) is 13.0 Å². The molecule has 0 spiro atoms. The first-order chi connectivity index (χ1) is 12.0. The molecule has 0 radical (unpaired) electrons. The van der Waals surface area contributed by atoms with Gasteiger partial charge in [0.25, 0.3) is 5.91 Å². The summed E-state index contributed by atoms with van der Waals surface area (Å²) in [6.07, 6.45) is 1.76. The average Bonchev–Trinajstić information content (AvgIpc) is 2.63. The molecule has 1 aromatic heterocycles. The van der Waals surface area contributed by atoms with E-state index in [9.17, 15) is 9.59 Å². The van der Waals surface area contributed by atoms with E-state index >= 15 is 0 Å². The number of nitrogens with one attached hydrogen (secondary N) is 1. The largest absolute Gasteiger partial charge is 0.493 e. The minimum absolute atomic E-state index is 0.218. The number of carboxylic acid groups (broad SMARTS) is 1. The number of hydrogen-bond donors (Lipinski definition) is 2. The van der Waals surface area contributed by atoms with Crippen LogP contribution in [0.1, 0.15) is 23.0 Å². The number of ether oxygens (including phenoxy) is 2. The van der Waals surface area contributed by atoms with Crippen LogP contribution in [0.2, 0.25) is 0 Å². The second-order valence-electron chi connectivity index (χ2n) is 4.89. The molecule has 0 aliphatic carbocycles. The SMILES string of the molecule is COc1cccc(/C=N\NC(=O)c2ccccn2)c1O[C@H](C)C(=O)O. The van der Waals surface area contributed by atoms with Crippen molar-refractivity contribution < 1.29 is 24.2 Å². The summed E-state index contributed by atoms with van der Waals surface area (Å²) in [6, 6.07) is 9.92. The highest BCUT2D eigenvalue weighted by Gasteiger charge is 2.18. The molecular weight excluding hydrogens is 326 g/mol. The second kappa shape index (κ2) is 8.44. The van der Waals surface area contributed by atoms with Gasteiger partial charge in [-0.2, -0.15) is 5.10 Å². The Bertz CT molecular complexity index is 777. The first-order valence-corrected chi connectivity index (χ1v) is 7.34. The molecule has 2 rings (SSSR count). The zero-order valence-corrected chi connectivity index (χ0v) is 13.7. The summed E-state index contributed by atoms with van der Waals surface area (Å²) in [4.78, 5) is 26.8. The lowest BCUT2D eigenvalue weighted by molar-refractivity contribution is -0.144. The van der Waals surface area contributed by atoms with Crippen LogP contribution in [-0.2, 0) is 4.79 Å². The maximum atomic E-state index is 11.9. The number of para-hydroxylation sites is 1. The summed E-state index contributed by atoms with van der Waals surface area (Å²) in [7, 11) is 1.44. The number of carboxylic acids is 1. The number of pyridine rings is 1. The molecule has 1 heterocycles. The molecule has 0 fully saturated rings. The molecule has 0 saturated heterocycles. The maximum Gasteiger partial charge on any atom is 0.344 e. The van der Waals surface area contributed by atoms with Crippen LogP contribution >= 0.6 is 0 Å². The quantitative estimate of drug-likeness (QED) is 0.585. The van der Waals surface area contributed by atoms with E-state index in [1.165, 1.54) is 26.4 Å². The van der Waals surface area contributed by atoms with Gasteiger partial charge in [-0.15, -0.1) is 0 Å². The molecule has 0 saturated carbocycles. The van der Waals surface area contributed by atoms with Gasteiger partial charge >= 0.3 is 5.97 Å². The van der Waals surface area contributed by atoms with Crippen molar-refractivity contribution in [3.63, 3.8) is 0 Å². The fraction of sp³-hybridized carbons (Fsp3) is 0.176. The molecule has 2 N–H and O–H groups in total. The molecule has 8 nitrogen and oxygen atoms in total. The Morgan fingerprint density at radius 1 is 1.28 bits per heavy atom. The highest BCUT2D eigenvalue weighted by molar-refractivity contribution is 5.93. The Labute approximate surface area is 144 Å². The molecule has 0 bridgehead atoms. The zero-order valence-electron chi connectivity index (χ0n) is 13.7. The number of methoxy groups -OCH3 is 1. The Kier molecular flexibility index (Phi) is 6.05. The predicted octanol–water partition coefficient (Wildman–Crippen LogP) is 1.71. The van der Waals surface area contributed by atoms with Crippen molar-refractivity contribution in [2.24, 2.45) is 5.10 Å². The highest BCUT2D eigenvalue weighted by atomic mass is 16.5. The second-order valence-corrected chi connectivity index (χ2v) is 4.89. The number of nitrogens with zero attached hydrogens (tertiary/aromatic N) is 2. The van der Waals surface area contributed by atoms with Crippen molar-refractivity contribution >= 4 is 18.1 Å². The summed E-state index contributed by atoms with van der Waals surface area (Å²) in [6.45, 7) is 1.40. The molecule has 0 aliphatic heterocycles. The third-order valence-corrected chi connectivity index (χ3v) is 3.14. The fourth-order valence-electron chi connectivity index (χ4n) is 1.86. The first kappa shape index (κ1) is 17.9. The zero-order chi connectivity index (χ0) is 18.2. The van der Waals surface area contributed by atoms with Crippen molar-refractivity contribution in [2.75, 3.05) is 7.11 Å². The maximum absolute atomic E-state index is 11.9. The van der Waals surface area contributed by atoms with Gasteiger partial charge in [0.1, 0.15) is 5.69 Å². The minimum atomic E-state index is -1.11. The summed E-state index contributed by atoms with van der Waals surface area (Å²) >= 11 is 0. The monoisotopic (exact) mass is 343 g/mol. The van der Waals surface area contributed by atoms with Gasteiger partial charge in [-0.25, -0.2) is 10.2 Å². The van der Waals surface area contributed by atoms with Crippen LogP contribution in [0.25, 0.3) is 0 Å². The van der Waals surface area contributed by atoms with E-state index in [-0.39, 0.29) is 11.4 Å². The topological polar surface area (TPSA) is 110 Å². The predicted molar refractivity (Wildman–Crippen MR) is 90.0 cm³/mol. The van der Waals surface area contributed by atoms with E-state index in [1.807, 2.05) is 0 Å². The molecular formula is C17H17N3O5. The summed E-state index contributed by atoms with van der Waals surface area (Å²) in [5, 5.41) is 12.9. The lowest BCUT2D eigenvalue weighted by Crippen LogP contribution is -2.24. The third-order valence-electron chi connectivity index (χ3n) is 3.14. The minimum Gasteiger partial charge on any atom is -0.493 e. The van der Waals surface area contributed by atoms with E-state index < -0.39 is 18.0 Å². The number of aliphatic carboxylic acids is 1. The van der Waals surface area contributed by atoms with Gasteiger partial charge in [0.15, 0.2) is 17.6 Å². The summed E-state index contributed by atoms with van der Waals surface area (Å²) in [5.74, 6) is -1.01. The molecule has 0 aliphatic rings. The van der Waals surface area contributed by atoms with E-state index in [2.05, 4.69) is 15.5 Å². The third kappa shape index (κ3) is 4.77. The normalized spacial score (nSPS) is 11.8.